The van der Waals surface area contributed by atoms with Crippen molar-refractivity contribution in [3.8, 4) is 17.2 Å². The lowest BCUT2D eigenvalue weighted by molar-refractivity contribution is -0.122. The summed E-state index contributed by atoms with van der Waals surface area (Å²) in [6, 6.07) is 14.4. The molecule has 0 saturated heterocycles. The first-order chi connectivity index (χ1) is 11.1. The van der Waals surface area contributed by atoms with Crippen molar-refractivity contribution >= 4 is 11.6 Å². The molecule has 0 aromatic heterocycles. The molecule has 0 aliphatic carbocycles. The van der Waals surface area contributed by atoms with E-state index in [-0.39, 0.29) is 5.91 Å². The number of anilines is 1. The second-order valence-corrected chi connectivity index (χ2v) is 4.89. The first kappa shape index (κ1) is 16.7. The van der Waals surface area contributed by atoms with E-state index in [2.05, 4.69) is 5.32 Å². The molecule has 0 saturated carbocycles. The number of methoxy groups -OCH3 is 1. The zero-order chi connectivity index (χ0) is 16.7. The van der Waals surface area contributed by atoms with Crippen LogP contribution in [0.2, 0.25) is 0 Å². The second kappa shape index (κ2) is 8.08. The van der Waals surface area contributed by atoms with Gasteiger partial charge < -0.3 is 19.5 Å². The zero-order valence-electron chi connectivity index (χ0n) is 13.5. The van der Waals surface area contributed by atoms with Crippen LogP contribution in [0.5, 0.6) is 17.2 Å². The number of amides is 1. The Morgan fingerprint density at radius 1 is 1.09 bits per heavy atom. The fourth-order valence-electron chi connectivity index (χ4n) is 2.01. The fraction of sp³-hybridized carbons (Fsp3) is 0.278. The molecule has 1 unspecified atom stereocenters. The number of benzene rings is 2. The van der Waals surface area contributed by atoms with Crippen LogP contribution in [-0.2, 0) is 4.79 Å². The normalized spacial score (nSPS) is 11.4. The lowest BCUT2D eigenvalue weighted by Gasteiger charge is -2.15. The first-order valence-electron chi connectivity index (χ1n) is 7.46. The number of hydrogen-bond acceptors (Lipinski definition) is 4. The van der Waals surface area contributed by atoms with E-state index in [0.717, 1.165) is 0 Å². The third-order valence-electron chi connectivity index (χ3n) is 3.14. The SMILES string of the molecule is CCOc1cccc(NC(=O)C(C)Oc2cccc(OC)c2)c1. The molecule has 0 radical (unpaired) electrons. The summed E-state index contributed by atoms with van der Waals surface area (Å²) in [5.41, 5.74) is 0.669. The van der Waals surface area contributed by atoms with Crippen LogP contribution in [0, 0.1) is 0 Å². The Balaban J connectivity index is 1.98. The van der Waals surface area contributed by atoms with Crippen LogP contribution in [0.1, 0.15) is 13.8 Å². The van der Waals surface area contributed by atoms with Gasteiger partial charge in [-0.15, -0.1) is 0 Å². The average Bonchev–Trinajstić information content (AvgIpc) is 2.55. The number of hydrogen-bond donors (Lipinski definition) is 1. The summed E-state index contributed by atoms with van der Waals surface area (Å²) in [5.74, 6) is 1.74. The fourth-order valence-corrected chi connectivity index (χ4v) is 2.01. The van der Waals surface area contributed by atoms with Gasteiger partial charge in [0.1, 0.15) is 17.2 Å². The van der Waals surface area contributed by atoms with E-state index in [1.807, 2.05) is 31.2 Å². The van der Waals surface area contributed by atoms with E-state index < -0.39 is 6.10 Å². The number of carbonyl (C=O) groups is 1. The van der Waals surface area contributed by atoms with Crippen molar-refractivity contribution in [2.75, 3.05) is 19.0 Å². The smallest absolute Gasteiger partial charge is 0.265 e. The minimum atomic E-state index is -0.641. The Labute approximate surface area is 136 Å². The van der Waals surface area contributed by atoms with Crippen molar-refractivity contribution in [3.05, 3.63) is 48.5 Å². The summed E-state index contributed by atoms with van der Waals surface area (Å²) in [4.78, 5) is 12.2. The van der Waals surface area contributed by atoms with Gasteiger partial charge >= 0.3 is 0 Å². The van der Waals surface area contributed by atoms with Crippen LogP contribution in [0.15, 0.2) is 48.5 Å². The van der Waals surface area contributed by atoms with E-state index in [4.69, 9.17) is 14.2 Å². The molecule has 0 fully saturated rings. The standard InChI is InChI=1S/C18H21NO4/c1-4-22-16-9-5-7-14(11-16)19-18(20)13(2)23-17-10-6-8-15(12-17)21-3/h5-13H,4H2,1-3H3,(H,19,20). The molecule has 5 nitrogen and oxygen atoms in total. The Morgan fingerprint density at radius 2 is 1.78 bits per heavy atom. The molecule has 122 valence electrons. The summed E-state index contributed by atoms with van der Waals surface area (Å²) in [6.45, 7) is 4.18. The van der Waals surface area contributed by atoms with Gasteiger partial charge in [0, 0.05) is 17.8 Å². The van der Waals surface area contributed by atoms with Gasteiger partial charge in [0.25, 0.3) is 5.91 Å². The van der Waals surface area contributed by atoms with E-state index in [1.54, 1.807) is 38.3 Å². The predicted molar refractivity (Wildman–Crippen MR) is 89.3 cm³/mol. The highest BCUT2D eigenvalue weighted by molar-refractivity contribution is 5.94. The number of nitrogens with one attached hydrogen (secondary N) is 1. The first-order valence-corrected chi connectivity index (χ1v) is 7.46. The van der Waals surface area contributed by atoms with E-state index >= 15 is 0 Å². The van der Waals surface area contributed by atoms with Crippen LogP contribution >= 0.6 is 0 Å². The summed E-state index contributed by atoms with van der Waals surface area (Å²) in [6.07, 6.45) is -0.641. The van der Waals surface area contributed by atoms with Crippen molar-refractivity contribution in [1.29, 1.82) is 0 Å². The molecule has 2 rings (SSSR count). The van der Waals surface area contributed by atoms with Gasteiger partial charge in [-0.3, -0.25) is 4.79 Å². The highest BCUT2D eigenvalue weighted by atomic mass is 16.5. The number of ether oxygens (including phenoxy) is 3. The van der Waals surface area contributed by atoms with E-state index in [1.165, 1.54) is 0 Å². The van der Waals surface area contributed by atoms with Crippen molar-refractivity contribution in [1.82, 2.24) is 0 Å². The van der Waals surface area contributed by atoms with Crippen LogP contribution in [0.4, 0.5) is 5.69 Å². The van der Waals surface area contributed by atoms with E-state index in [9.17, 15) is 4.79 Å². The van der Waals surface area contributed by atoms with Crippen LogP contribution < -0.4 is 19.5 Å². The van der Waals surface area contributed by atoms with Crippen LogP contribution in [0.3, 0.4) is 0 Å². The highest BCUT2D eigenvalue weighted by Crippen LogP contribution is 2.21. The second-order valence-electron chi connectivity index (χ2n) is 4.89. The van der Waals surface area contributed by atoms with Crippen molar-refractivity contribution < 1.29 is 19.0 Å². The molecule has 0 aliphatic rings. The summed E-state index contributed by atoms with van der Waals surface area (Å²) in [7, 11) is 1.58. The number of rotatable bonds is 7. The molecule has 0 heterocycles. The third kappa shape index (κ3) is 4.92. The molecule has 0 spiro atoms. The zero-order valence-corrected chi connectivity index (χ0v) is 13.5. The summed E-state index contributed by atoms with van der Waals surface area (Å²) in [5, 5.41) is 2.81. The Hall–Kier alpha value is -2.69. The molecule has 1 atom stereocenters. The minimum absolute atomic E-state index is 0.235. The van der Waals surface area contributed by atoms with Crippen molar-refractivity contribution in [2.45, 2.75) is 20.0 Å². The quantitative estimate of drug-likeness (QED) is 0.849. The lowest BCUT2D eigenvalue weighted by atomic mass is 10.2. The monoisotopic (exact) mass is 315 g/mol. The third-order valence-corrected chi connectivity index (χ3v) is 3.14. The molecule has 2 aromatic rings. The van der Waals surface area contributed by atoms with Gasteiger partial charge in [-0.05, 0) is 38.1 Å². The molecule has 1 amide bonds. The topological polar surface area (TPSA) is 56.8 Å². The largest absolute Gasteiger partial charge is 0.497 e. The Kier molecular flexibility index (Phi) is 5.86. The molecular formula is C18H21NO4. The number of carbonyl (C=O) groups excluding carboxylic acids is 1. The van der Waals surface area contributed by atoms with Gasteiger partial charge in [-0.1, -0.05) is 12.1 Å². The van der Waals surface area contributed by atoms with Crippen molar-refractivity contribution in [3.63, 3.8) is 0 Å². The molecule has 5 heteroatoms. The van der Waals surface area contributed by atoms with Crippen LogP contribution in [-0.4, -0.2) is 25.7 Å². The summed E-state index contributed by atoms with van der Waals surface area (Å²) >= 11 is 0. The van der Waals surface area contributed by atoms with Crippen molar-refractivity contribution in [2.24, 2.45) is 0 Å². The van der Waals surface area contributed by atoms with Gasteiger partial charge in [0.15, 0.2) is 6.10 Å². The van der Waals surface area contributed by atoms with Gasteiger partial charge in [-0.2, -0.15) is 0 Å². The molecular weight excluding hydrogens is 294 g/mol. The molecule has 0 bridgehead atoms. The molecule has 2 aromatic carbocycles. The van der Waals surface area contributed by atoms with E-state index in [0.29, 0.717) is 29.5 Å². The maximum Gasteiger partial charge on any atom is 0.265 e. The predicted octanol–water partition coefficient (Wildman–Crippen LogP) is 3.50. The minimum Gasteiger partial charge on any atom is -0.497 e. The Morgan fingerprint density at radius 3 is 2.52 bits per heavy atom. The highest BCUT2D eigenvalue weighted by Gasteiger charge is 2.15. The molecule has 0 aliphatic heterocycles. The molecule has 1 N–H and O–H groups in total. The lowest BCUT2D eigenvalue weighted by Crippen LogP contribution is -2.30. The van der Waals surface area contributed by atoms with Gasteiger partial charge in [-0.25, -0.2) is 0 Å². The van der Waals surface area contributed by atoms with Crippen LogP contribution in [0.25, 0.3) is 0 Å². The van der Waals surface area contributed by atoms with Gasteiger partial charge in [0.2, 0.25) is 0 Å². The van der Waals surface area contributed by atoms with Gasteiger partial charge in [0.05, 0.1) is 13.7 Å². The maximum atomic E-state index is 12.2. The average molecular weight is 315 g/mol. The maximum absolute atomic E-state index is 12.2. The Bertz CT molecular complexity index is 657. The molecule has 23 heavy (non-hydrogen) atoms. The summed E-state index contributed by atoms with van der Waals surface area (Å²) < 4.78 is 16.2.